The van der Waals surface area contributed by atoms with Crippen molar-refractivity contribution in [1.29, 1.82) is 0 Å². The van der Waals surface area contributed by atoms with Gasteiger partial charge in [-0.2, -0.15) is 0 Å². The Morgan fingerprint density at radius 1 is 1.07 bits per heavy atom. The summed E-state index contributed by atoms with van der Waals surface area (Å²) >= 11 is 6.04. The van der Waals surface area contributed by atoms with Gasteiger partial charge in [-0.05, 0) is 54.7 Å². The van der Waals surface area contributed by atoms with E-state index in [-0.39, 0.29) is 11.8 Å². The topological polar surface area (TPSA) is 23.5 Å². The van der Waals surface area contributed by atoms with Crippen LogP contribution in [0, 0.1) is 17.6 Å². The summed E-state index contributed by atoms with van der Waals surface area (Å²) in [4.78, 5) is 2.40. The van der Waals surface area contributed by atoms with Crippen molar-refractivity contribution in [2.75, 3.05) is 13.1 Å². The van der Waals surface area contributed by atoms with Crippen LogP contribution in [-0.2, 0) is 0 Å². The van der Waals surface area contributed by atoms with E-state index >= 15 is 0 Å². The molecule has 3 rings (SSSR count). The van der Waals surface area contributed by atoms with Crippen LogP contribution in [0.15, 0.2) is 42.5 Å². The number of unbranched alkanes of at least 4 members (excludes halogenated alkanes) is 1. The minimum atomic E-state index is -0.669. The Morgan fingerprint density at radius 2 is 1.68 bits per heavy atom. The van der Waals surface area contributed by atoms with Crippen LogP contribution in [0.4, 0.5) is 8.78 Å². The third kappa shape index (κ3) is 4.91. The Kier molecular flexibility index (Phi) is 7.08. The lowest BCUT2D eigenvalue weighted by Gasteiger charge is -2.48. The number of halogens is 3. The highest BCUT2D eigenvalue weighted by Crippen LogP contribution is 2.40. The van der Waals surface area contributed by atoms with Crippen LogP contribution in [0.3, 0.4) is 0 Å². The lowest BCUT2D eigenvalue weighted by Crippen LogP contribution is -2.52. The molecule has 28 heavy (non-hydrogen) atoms. The van der Waals surface area contributed by atoms with Crippen LogP contribution < -0.4 is 0 Å². The summed E-state index contributed by atoms with van der Waals surface area (Å²) in [6, 6.07) is 11.8. The van der Waals surface area contributed by atoms with Crippen LogP contribution in [0.25, 0.3) is 0 Å². The fourth-order valence-electron chi connectivity index (χ4n) is 4.39. The number of benzene rings is 2. The molecule has 0 radical (unpaired) electrons. The Hall–Kier alpha value is -1.49. The van der Waals surface area contributed by atoms with E-state index in [0.717, 1.165) is 43.4 Å². The van der Waals surface area contributed by atoms with Crippen molar-refractivity contribution in [2.45, 2.75) is 51.2 Å². The van der Waals surface area contributed by atoms with Gasteiger partial charge in [-0.15, -0.1) is 0 Å². The van der Waals surface area contributed by atoms with Gasteiger partial charge in [0.05, 0.1) is 6.10 Å². The minimum absolute atomic E-state index is 0.164. The third-order valence-electron chi connectivity index (χ3n) is 5.76. The number of aliphatic hydroxyl groups is 1. The second-order valence-electron chi connectivity index (χ2n) is 7.89. The number of rotatable bonds is 8. The first-order chi connectivity index (χ1) is 13.4. The number of hydrogen-bond donors (Lipinski definition) is 1. The molecule has 0 amide bonds. The zero-order chi connectivity index (χ0) is 20.3. The van der Waals surface area contributed by atoms with Gasteiger partial charge >= 0.3 is 0 Å². The van der Waals surface area contributed by atoms with Crippen LogP contribution in [0.5, 0.6) is 0 Å². The molecular weight excluding hydrogens is 380 g/mol. The maximum atomic E-state index is 13.7. The van der Waals surface area contributed by atoms with E-state index in [9.17, 15) is 13.9 Å². The quantitative estimate of drug-likeness (QED) is 0.584. The highest BCUT2D eigenvalue weighted by atomic mass is 35.5. The van der Waals surface area contributed by atoms with Crippen molar-refractivity contribution >= 4 is 11.6 Å². The van der Waals surface area contributed by atoms with E-state index in [4.69, 9.17) is 11.6 Å². The summed E-state index contributed by atoms with van der Waals surface area (Å²) in [5.41, 5.74) is 1.77. The standard InChI is InChI=1S/C23H28ClF2NO/c1-3-4-5-22(16-6-8-19(24)9-7-16)27-13-18(14-27)23(15(2)28)17-10-20(25)12-21(26)11-17/h6-12,15,18,22-23,28H,3-5,13-14H2,1-2H3. The smallest absolute Gasteiger partial charge is 0.126 e. The lowest BCUT2D eigenvalue weighted by molar-refractivity contribution is 0.00168. The van der Waals surface area contributed by atoms with Crippen molar-refractivity contribution in [3.8, 4) is 0 Å². The largest absolute Gasteiger partial charge is 0.393 e. The maximum Gasteiger partial charge on any atom is 0.126 e. The Bertz CT molecular complexity index is 754. The lowest BCUT2D eigenvalue weighted by atomic mass is 9.76. The Balaban J connectivity index is 1.75. The molecule has 3 unspecified atom stereocenters. The summed E-state index contributed by atoms with van der Waals surface area (Å²) in [6.45, 7) is 5.47. The van der Waals surface area contributed by atoms with Crippen LogP contribution in [0.2, 0.25) is 5.02 Å². The minimum Gasteiger partial charge on any atom is -0.393 e. The van der Waals surface area contributed by atoms with Gasteiger partial charge in [-0.1, -0.05) is 43.5 Å². The summed E-state index contributed by atoms with van der Waals surface area (Å²) in [5.74, 6) is -1.31. The van der Waals surface area contributed by atoms with Gasteiger partial charge in [-0.25, -0.2) is 8.78 Å². The van der Waals surface area contributed by atoms with Gasteiger partial charge in [0.2, 0.25) is 0 Å². The van der Waals surface area contributed by atoms with Crippen molar-refractivity contribution in [3.63, 3.8) is 0 Å². The van der Waals surface area contributed by atoms with Gasteiger partial charge in [0, 0.05) is 36.1 Å². The fraction of sp³-hybridized carbons (Fsp3) is 0.478. The Labute approximate surface area is 171 Å². The van der Waals surface area contributed by atoms with E-state index in [0.29, 0.717) is 11.6 Å². The van der Waals surface area contributed by atoms with Crippen molar-refractivity contribution < 1.29 is 13.9 Å². The SMILES string of the molecule is CCCCC(c1ccc(Cl)cc1)N1CC(C(c2cc(F)cc(F)c2)C(C)O)C1. The molecule has 1 fully saturated rings. The molecule has 2 aromatic rings. The molecule has 2 nitrogen and oxygen atoms in total. The second-order valence-corrected chi connectivity index (χ2v) is 8.33. The van der Waals surface area contributed by atoms with Gasteiger partial charge in [-0.3, -0.25) is 4.90 Å². The molecule has 0 spiro atoms. The molecular formula is C23H28ClF2NO. The number of aliphatic hydroxyl groups excluding tert-OH is 1. The molecule has 1 aliphatic heterocycles. The van der Waals surface area contributed by atoms with Gasteiger partial charge in [0.15, 0.2) is 0 Å². The highest BCUT2D eigenvalue weighted by molar-refractivity contribution is 6.30. The predicted molar refractivity (Wildman–Crippen MR) is 110 cm³/mol. The second kappa shape index (κ2) is 9.34. The predicted octanol–water partition coefficient (Wildman–Crippen LogP) is 5.95. The van der Waals surface area contributed by atoms with Gasteiger partial charge in [0.25, 0.3) is 0 Å². The third-order valence-corrected chi connectivity index (χ3v) is 6.01. The van der Waals surface area contributed by atoms with E-state index in [1.165, 1.54) is 17.7 Å². The molecule has 1 aliphatic rings. The molecule has 5 heteroatoms. The van der Waals surface area contributed by atoms with Crippen LogP contribution in [-0.4, -0.2) is 29.2 Å². The fourth-order valence-corrected chi connectivity index (χ4v) is 4.51. The van der Waals surface area contributed by atoms with E-state index in [1.54, 1.807) is 6.92 Å². The first-order valence-corrected chi connectivity index (χ1v) is 10.4. The van der Waals surface area contributed by atoms with E-state index < -0.39 is 17.7 Å². The highest BCUT2D eigenvalue weighted by Gasteiger charge is 2.40. The molecule has 1 N–H and O–H groups in total. The Morgan fingerprint density at radius 3 is 2.21 bits per heavy atom. The molecule has 0 aliphatic carbocycles. The summed E-state index contributed by atoms with van der Waals surface area (Å²) in [6.07, 6.45) is 2.64. The van der Waals surface area contributed by atoms with Crippen molar-refractivity contribution in [3.05, 3.63) is 70.2 Å². The zero-order valence-corrected chi connectivity index (χ0v) is 17.2. The van der Waals surface area contributed by atoms with E-state index in [1.807, 2.05) is 12.1 Å². The molecule has 152 valence electrons. The van der Waals surface area contributed by atoms with Crippen molar-refractivity contribution in [2.24, 2.45) is 5.92 Å². The van der Waals surface area contributed by atoms with Crippen LogP contribution in [0.1, 0.15) is 56.2 Å². The first-order valence-electron chi connectivity index (χ1n) is 10.0. The van der Waals surface area contributed by atoms with Gasteiger partial charge in [0.1, 0.15) is 11.6 Å². The maximum absolute atomic E-state index is 13.7. The molecule has 1 heterocycles. The van der Waals surface area contributed by atoms with Crippen molar-refractivity contribution in [1.82, 2.24) is 4.90 Å². The number of likely N-dealkylation sites (tertiary alicyclic amines) is 1. The average Bonchev–Trinajstić information content (AvgIpc) is 2.59. The molecule has 0 saturated carbocycles. The molecule has 0 bridgehead atoms. The van der Waals surface area contributed by atoms with Crippen LogP contribution >= 0.6 is 11.6 Å². The van der Waals surface area contributed by atoms with Gasteiger partial charge < -0.3 is 5.11 Å². The molecule has 2 aromatic carbocycles. The monoisotopic (exact) mass is 407 g/mol. The summed E-state index contributed by atoms with van der Waals surface area (Å²) in [5, 5.41) is 11.0. The average molecular weight is 408 g/mol. The zero-order valence-electron chi connectivity index (χ0n) is 16.4. The summed E-state index contributed by atoms with van der Waals surface area (Å²) < 4.78 is 27.4. The molecule has 3 atom stereocenters. The first kappa shape index (κ1) is 21.2. The normalized spacial score (nSPS) is 18.5. The molecule has 1 saturated heterocycles. The molecule has 0 aromatic heterocycles. The summed E-state index contributed by atoms with van der Waals surface area (Å²) in [7, 11) is 0. The number of hydrogen-bond acceptors (Lipinski definition) is 2. The number of nitrogens with zero attached hydrogens (tertiary/aromatic N) is 1. The van der Waals surface area contributed by atoms with E-state index in [2.05, 4.69) is 24.0 Å².